The molecule has 0 fully saturated rings. The maximum absolute atomic E-state index is 5.43. The molecule has 0 unspecified atom stereocenters. The van der Waals surface area contributed by atoms with Gasteiger partial charge in [0, 0.05) is 13.0 Å². The highest BCUT2D eigenvalue weighted by Gasteiger charge is 1.90. The molecule has 0 atom stereocenters. The Bertz CT molecular complexity index is 124. The molecule has 0 spiro atoms. The van der Waals surface area contributed by atoms with E-state index in [2.05, 4.69) is 17.1 Å². The van der Waals surface area contributed by atoms with Crippen molar-refractivity contribution in [3.8, 4) is 0 Å². The van der Waals surface area contributed by atoms with Gasteiger partial charge < -0.3 is 5.73 Å². The van der Waals surface area contributed by atoms with Crippen LogP contribution in [0.2, 0.25) is 0 Å². The number of rotatable bonds is 0. The number of nitrogens with zero attached hydrogens (tertiary/aromatic N) is 1. The van der Waals surface area contributed by atoms with Gasteiger partial charge >= 0.3 is 0 Å². The van der Waals surface area contributed by atoms with Crippen LogP contribution in [0.4, 0.5) is 0 Å². The summed E-state index contributed by atoms with van der Waals surface area (Å²) in [6.07, 6.45) is 6.05. The molecule has 1 aliphatic heterocycles. The van der Waals surface area contributed by atoms with E-state index in [1.807, 2.05) is 0 Å². The SMILES string of the molecule is NC1=NCCC=CC1. The van der Waals surface area contributed by atoms with Gasteiger partial charge in [-0.1, -0.05) is 12.2 Å². The summed E-state index contributed by atoms with van der Waals surface area (Å²) in [6.45, 7) is 0.863. The zero-order valence-corrected chi connectivity index (χ0v) is 4.80. The first kappa shape index (κ1) is 5.35. The van der Waals surface area contributed by atoms with Crippen molar-refractivity contribution in [2.75, 3.05) is 6.54 Å². The molecule has 0 bridgehead atoms. The largest absolute Gasteiger partial charge is 0.387 e. The molecule has 1 rings (SSSR count). The first-order chi connectivity index (χ1) is 3.89. The molecule has 2 nitrogen and oxygen atoms in total. The second kappa shape index (κ2) is 2.50. The molecule has 0 saturated heterocycles. The lowest BCUT2D eigenvalue weighted by Gasteiger charge is -1.88. The number of hydrogen-bond acceptors (Lipinski definition) is 2. The van der Waals surface area contributed by atoms with Gasteiger partial charge in [0.1, 0.15) is 0 Å². The Balaban J connectivity index is 2.51. The van der Waals surface area contributed by atoms with E-state index in [9.17, 15) is 0 Å². The van der Waals surface area contributed by atoms with E-state index >= 15 is 0 Å². The molecule has 0 aliphatic carbocycles. The molecule has 0 aromatic carbocycles. The lowest BCUT2D eigenvalue weighted by Crippen LogP contribution is -2.09. The summed E-state index contributed by atoms with van der Waals surface area (Å²) in [5.74, 6) is 0.763. The third-order valence-electron chi connectivity index (χ3n) is 1.10. The fraction of sp³-hybridized carbons (Fsp3) is 0.500. The van der Waals surface area contributed by atoms with Crippen LogP contribution in [0, 0.1) is 0 Å². The smallest absolute Gasteiger partial charge is 0.0975 e. The summed E-state index contributed by atoms with van der Waals surface area (Å²) >= 11 is 0. The van der Waals surface area contributed by atoms with Gasteiger partial charge in [0.2, 0.25) is 0 Å². The molecule has 0 aromatic heterocycles. The minimum Gasteiger partial charge on any atom is -0.387 e. The molecule has 0 saturated carbocycles. The Labute approximate surface area is 49.1 Å². The molecule has 2 heteroatoms. The van der Waals surface area contributed by atoms with Crippen molar-refractivity contribution < 1.29 is 0 Å². The van der Waals surface area contributed by atoms with Gasteiger partial charge in [-0.05, 0) is 6.42 Å². The Morgan fingerprint density at radius 1 is 1.50 bits per heavy atom. The topological polar surface area (TPSA) is 38.4 Å². The van der Waals surface area contributed by atoms with E-state index in [1.165, 1.54) is 0 Å². The standard InChI is InChI=1S/C6H10N2/c7-6-4-2-1-3-5-8-6/h1-2H,3-5H2,(H2,7,8). The molecular weight excluding hydrogens is 100 g/mol. The van der Waals surface area contributed by atoms with Crippen molar-refractivity contribution in [3.63, 3.8) is 0 Å². The van der Waals surface area contributed by atoms with E-state index in [1.54, 1.807) is 0 Å². The third kappa shape index (κ3) is 1.37. The predicted molar refractivity (Wildman–Crippen MR) is 34.9 cm³/mol. The van der Waals surface area contributed by atoms with Crippen molar-refractivity contribution in [3.05, 3.63) is 12.2 Å². The Kier molecular flexibility index (Phi) is 1.67. The van der Waals surface area contributed by atoms with Crippen LogP contribution >= 0.6 is 0 Å². The van der Waals surface area contributed by atoms with Gasteiger partial charge in [-0.25, -0.2) is 0 Å². The van der Waals surface area contributed by atoms with Crippen LogP contribution in [0.1, 0.15) is 12.8 Å². The average Bonchev–Trinajstić information content (AvgIpc) is 1.94. The molecule has 0 radical (unpaired) electrons. The number of amidine groups is 1. The van der Waals surface area contributed by atoms with Crippen molar-refractivity contribution >= 4 is 5.84 Å². The van der Waals surface area contributed by atoms with Crippen molar-refractivity contribution in [2.24, 2.45) is 10.7 Å². The molecular formula is C6H10N2. The van der Waals surface area contributed by atoms with Gasteiger partial charge in [0.15, 0.2) is 0 Å². The van der Waals surface area contributed by atoms with Gasteiger partial charge in [-0.15, -0.1) is 0 Å². The number of hydrogen-bond donors (Lipinski definition) is 1. The van der Waals surface area contributed by atoms with Crippen LogP contribution in [-0.4, -0.2) is 12.4 Å². The van der Waals surface area contributed by atoms with E-state index in [4.69, 9.17) is 5.73 Å². The molecule has 44 valence electrons. The molecule has 1 aliphatic rings. The average molecular weight is 110 g/mol. The third-order valence-corrected chi connectivity index (χ3v) is 1.10. The zero-order valence-electron chi connectivity index (χ0n) is 4.80. The summed E-state index contributed by atoms with van der Waals surface area (Å²) in [7, 11) is 0. The van der Waals surface area contributed by atoms with Crippen LogP contribution in [0.15, 0.2) is 17.1 Å². The molecule has 0 aromatic rings. The van der Waals surface area contributed by atoms with Crippen molar-refractivity contribution in [2.45, 2.75) is 12.8 Å². The first-order valence-corrected chi connectivity index (χ1v) is 2.83. The summed E-state index contributed by atoms with van der Waals surface area (Å²) in [4.78, 5) is 4.06. The van der Waals surface area contributed by atoms with Gasteiger partial charge in [-0.3, -0.25) is 4.99 Å². The highest BCUT2D eigenvalue weighted by Crippen LogP contribution is 1.94. The van der Waals surface area contributed by atoms with E-state index in [0.29, 0.717) is 0 Å². The van der Waals surface area contributed by atoms with E-state index in [-0.39, 0.29) is 0 Å². The van der Waals surface area contributed by atoms with Crippen LogP contribution in [-0.2, 0) is 0 Å². The summed E-state index contributed by atoms with van der Waals surface area (Å²) in [5.41, 5.74) is 5.43. The van der Waals surface area contributed by atoms with Crippen LogP contribution in [0.5, 0.6) is 0 Å². The molecule has 2 N–H and O–H groups in total. The second-order valence-electron chi connectivity index (χ2n) is 1.84. The summed E-state index contributed by atoms with van der Waals surface area (Å²) < 4.78 is 0. The van der Waals surface area contributed by atoms with E-state index < -0.39 is 0 Å². The lowest BCUT2D eigenvalue weighted by atomic mass is 10.3. The Morgan fingerprint density at radius 2 is 2.38 bits per heavy atom. The fourth-order valence-corrected chi connectivity index (χ4v) is 0.669. The Morgan fingerprint density at radius 3 is 3.25 bits per heavy atom. The van der Waals surface area contributed by atoms with E-state index in [0.717, 1.165) is 25.2 Å². The summed E-state index contributed by atoms with van der Waals surface area (Å²) in [5, 5.41) is 0. The quantitative estimate of drug-likeness (QED) is 0.458. The van der Waals surface area contributed by atoms with Crippen LogP contribution < -0.4 is 5.73 Å². The van der Waals surface area contributed by atoms with Crippen molar-refractivity contribution in [1.29, 1.82) is 0 Å². The predicted octanol–water partition coefficient (Wildman–Crippen LogP) is 0.694. The van der Waals surface area contributed by atoms with Gasteiger partial charge in [0.05, 0.1) is 5.84 Å². The number of nitrogens with two attached hydrogens (primary N) is 1. The minimum absolute atomic E-state index is 0.763. The zero-order chi connectivity index (χ0) is 5.82. The fourth-order valence-electron chi connectivity index (χ4n) is 0.669. The maximum Gasteiger partial charge on any atom is 0.0975 e. The lowest BCUT2D eigenvalue weighted by molar-refractivity contribution is 1.01. The van der Waals surface area contributed by atoms with Crippen LogP contribution in [0.3, 0.4) is 0 Å². The van der Waals surface area contributed by atoms with Crippen molar-refractivity contribution in [1.82, 2.24) is 0 Å². The summed E-state index contributed by atoms with van der Waals surface area (Å²) in [6, 6.07) is 0. The first-order valence-electron chi connectivity index (χ1n) is 2.83. The Hall–Kier alpha value is -0.790. The van der Waals surface area contributed by atoms with Crippen LogP contribution in [0.25, 0.3) is 0 Å². The molecule has 0 amide bonds. The maximum atomic E-state index is 5.43. The second-order valence-corrected chi connectivity index (χ2v) is 1.84. The normalized spacial score (nSPS) is 19.8. The minimum atomic E-state index is 0.763. The monoisotopic (exact) mass is 110 g/mol. The van der Waals surface area contributed by atoms with Gasteiger partial charge in [0.25, 0.3) is 0 Å². The highest BCUT2D eigenvalue weighted by molar-refractivity contribution is 5.81. The molecule has 8 heavy (non-hydrogen) atoms. The molecule has 1 heterocycles. The number of aliphatic imine (C=N–C) groups is 1. The highest BCUT2D eigenvalue weighted by atomic mass is 14.8. The van der Waals surface area contributed by atoms with Gasteiger partial charge in [-0.2, -0.15) is 0 Å².